The Balaban J connectivity index is 3.13. The van der Waals surface area contributed by atoms with Gasteiger partial charge in [-0.15, -0.1) is 0 Å². The molecule has 1 aromatic carbocycles. The molecule has 1 unspecified atom stereocenters. The molecule has 0 heterocycles. The van der Waals surface area contributed by atoms with E-state index in [1.165, 1.54) is 18.2 Å². The van der Waals surface area contributed by atoms with E-state index < -0.39 is 0 Å². The van der Waals surface area contributed by atoms with Crippen molar-refractivity contribution >= 4 is 5.91 Å². The van der Waals surface area contributed by atoms with E-state index in [4.69, 9.17) is 11.6 Å². The van der Waals surface area contributed by atoms with E-state index in [-0.39, 0.29) is 18.4 Å². The lowest BCUT2D eigenvalue weighted by Gasteiger charge is -2.21. The molecular weight excluding hydrogens is 226 g/mol. The van der Waals surface area contributed by atoms with Crippen LogP contribution in [-0.2, 0) is 4.79 Å². The molecule has 0 radical (unpaired) electrons. The number of carbonyl (C=O) groups excluding carboxylic acids is 1. The summed E-state index contributed by atoms with van der Waals surface area (Å²) in [6.45, 7) is 8.23. The maximum atomic E-state index is 11.6. The molecule has 0 aromatic heterocycles. The predicted octanol–water partition coefficient (Wildman–Crippen LogP) is 1.64. The molecule has 18 heavy (non-hydrogen) atoms. The molecule has 1 aromatic rings. The maximum Gasteiger partial charge on any atom is 0.238 e. The van der Waals surface area contributed by atoms with Crippen molar-refractivity contribution in [3.63, 3.8) is 0 Å². The Bertz CT molecular complexity index is 440. The first-order valence-corrected chi connectivity index (χ1v) is 6.09. The van der Waals surface area contributed by atoms with Gasteiger partial charge in [0.05, 0.1) is 0 Å². The molecule has 0 saturated carbocycles. The van der Waals surface area contributed by atoms with E-state index in [2.05, 4.69) is 19.9 Å². The number of aryl methyl sites for hydroxylation is 2. The molecule has 0 aliphatic rings. The molecule has 0 spiro atoms. The van der Waals surface area contributed by atoms with Crippen LogP contribution in [0.1, 0.15) is 40.3 Å². The molecule has 0 fully saturated rings. The summed E-state index contributed by atoms with van der Waals surface area (Å²) < 4.78 is 0. The van der Waals surface area contributed by atoms with Gasteiger partial charge in [-0.2, -0.15) is 0 Å². The van der Waals surface area contributed by atoms with E-state index in [0.717, 1.165) is 21.7 Å². The van der Waals surface area contributed by atoms with Crippen LogP contribution < -0.4 is 11.6 Å². The second-order valence-corrected chi connectivity index (χ2v) is 4.99. The molecule has 100 valence electrons. The summed E-state index contributed by atoms with van der Waals surface area (Å²) in [5, 5.41) is 1.09. The van der Waals surface area contributed by atoms with Gasteiger partial charge in [0, 0.05) is 19.5 Å². The lowest BCUT2D eigenvalue weighted by atomic mass is 9.89. The van der Waals surface area contributed by atoms with E-state index in [0.29, 0.717) is 0 Å². The summed E-state index contributed by atoms with van der Waals surface area (Å²) in [6.07, 6.45) is 0.234. The number of hydrogen-bond donors (Lipinski definition) is 2. The summed E-state index contributed by atoms with van der Waals surface area (Å²) in [6, 6.07) is 1.85. The minimum atomic E-state index is -0.304. The van der Waals surface area contributed by atoms with Crippen molar-refractivity contribution in [2.24, 2.45) is 11.6 Å². The molecule has 0 aliphatic heterocycles. The third-order valence-corrected chi connectivity index (χ3v) is 3.58. The van der Waals surface area contributed by atoms with Gasteiger partial charge in [0.25, 0.3) is 0 Å². The number of nitrogens with two attached hydrogens (primary N) is 2. The lowest BCUT2D eigenvalue weighted by molar-refractivity contribution is -0.130. The number of amides is 1. The van der Waals surface area contributed by atoms with E-state index in [1.807, 2.05) is 13.8 Å². The van der Waals surface area contributed by atoms with Crippen LogP contribution in [0.4, 0.5) is 0 Å². The molecule has 1 rings (SSSR count). The normalized spacial score (nSPS) is 12.4. The second-order valence-electron chi connectivity index (χ2n) is 4.99. The van der Waals surface area contributed by atoms with Crippen LogP contribution in [0.2, 0.25) is 0 Å². The van der Waals surface area contributed by atoms with Crippen molar-refractivity contribution in [2.75, 3.05) is 7.05 Å². The average molecular weight is 249 g/mol. The third kappa shape index (κ3) is 2.89. The Kier molecular flexibility index (Phi) is 4.48. The molecule has 4 N–H and O–H groups in total. The quantitative estimate of drug-likeness (QED) is 0.486. The summed E-state index contributed by atoms with van der Waals surface area (Å²) >= 11 is 0. The zero-order valence-electron chi connectivity index (χ0n) is 11.9. The monoisotopic (exact) mass is 249 g/mol. The van der Waals surface area contributed by atoms with Crippen molar-refractivity contribution in [3.8, 4) is 0 Å². The topological polar surface area (TPSA) is 72.4 Å². The molecule has 0 saturated heterocycles. The highest BCUT2D eigenvalue weighted by atomic mass is 16.2. The van der Waals surface area contributed by atoms with Gasteiger partial charge < -0.3 is 5.73 Å². The third-order valence-electron chi connectivity index (χ3n) is 3.58. The number of hydrazine groups is 1. The highest BCUT2D eigenvalue weighted by Gasteiger charge is 2.19. The van der Waals surface area contributed by atoms with E-state index in [9.17, 15) is 4.79 Å². The predicted molar refractivity (Wildman–Crippen MR) is 73.9 cm³/mol. The summed E-state index contributed by atoms with van der Waals surface area (Å²) in [4.78, 5) is 11.6. The first-order valence-electron chi connectivity index (χ1n) is 6.09. The number of hydrogen-bond acceptors (Lipinski definition) is 3. The fraction of sp³-hybridized carbons (Fsp3) is 0.500. The number of rotatable bonds is 3. The van der Waals surface area contributed by atoms with Gasteiger partial charge in [0.1, 0.15) is 0 Å². The van der Waals surface area contributed by atoms with Crippen LogP contribution in [0.25, 0.3) is 0 Å². The smallest absolute Gasteiger partial charge is 0.238 e. The van der Waals surface area contributed by atoms with Crippen LogP contribution >= 0.6 is 0 Å². The average Bonchev–Trinajstić information content (AvgIpc) is 2.26. The minimum absolute atomic E-state index is 0.152. The Labute approximate surface area is 109 Å². The minimum Gasteiger partial charge on any atom is -0.324 e. The summed E-state index contributed by atoms with van der Waals surface area (Å²) in [5.41, 5.74) is 12.0. The van der Waals surface area contributed by atoms with Crippen LogP contribution in [0.5, 0.6) is 0 Å². The van der Waals surface area contributed by atoms with Crippen LogP contribution in [0.15, 0.2) is 6.07 Å². The SMILES string of the molecule is Cc1cc(C)c(C)c(C(N)CC(=O)N(C)N)c1C. The van der Waals surface area contributed by atoms with Gasteiger partial charge in [-0.1, -0.05) is 6.07 Å². The van der Waals surface area contributed by atoms with Gasteiger partial charge in [-0.25, -0.2) is 5.84 Å². The van der Waals surface area contributed by atoms with E-state index >= 15 is 0 Å². The van der Waals surface area contributed by atoms with Gasteiger partial charge in [0.15, 0.2) is 0 Å². The first-order chi connectivity index (χ1) is 8.25. The summed E-state index contributed by atoms with van der Waals surface area (Å²) in [7, 11) is 1.54. The lowest BCUT2D eigenvalue weighted by Crippen LogP contribution is -2.35. The Morgan fingerprint density at radius 1 is 1.22 bits per heavy atom. The zero-order valence-corrected chi connectivity index (χ0v) is 11.9. The van der Waals surface area contributed by atoms with Gasteiger partial charge in [-0.05, 0) is 55.5 Å². The van der Waals surface area contributed by atoms with Crippen LogP contribution in [0, 0.1) is 27.7 Å². The Morgan fingerprint density at radius 2 is 1.67 bits per heavy atom. The summed E-state index contributed by atoms with van der Waals surface area (Å²) in [5.74, 6) is 5.27. The van der Waals surface area contributed by atoms with Gasteiger partial charge >= 0.3 is 0 Å². The van der Waals surface area contributed by atoms with Gasteiger partial charge in [-0.3, -0.25) is 9.80 Å². The molecule has 4 heteroatoms. The second kappa shape index (κ2) is 5.50. The highest BCUT2D eigenvalue weighted by Crippen LogP contribution is 2.27. The molecule has 0 bridgehead atoms. The molecular formula is C14H23N3O. The van der Waals surface area contributed by atoms with E-state index in [1.54, 1.807) is 0 Å². The number of carbonyl (C=O) groups is 1. The molecule has 1 amide bonds. The largest absolute Gasteiger partial charge is 0.324 e. The fourth-order valence-corrected chi connectivity index (χ4v) is 2.24. The number of nitrogens with zero attached hydrogens (tertiary/aromatic N) is 1. The van der Waals surface area contributed by atoms with Crippen LogP contribution in [-0.4, -0.2) is 18.0 Å². The highest BCUT2D eigenvalue weighted by molar-refractivity contribution is 5.76. The molecule has 4 nitrogen and oxygen atoms in total. The van der Waals surface area contributed by atoms with Crippen molar-refractivity contribution in [2.45, 2.75) is 40.2 Å². The van der Waals surface area contributed by atoms with Crippen molar-refractivity contribution in [1.29, 1.82) is 0 Å². The molecule has 0 aliphatic carbocycles. The Morgan fingerprint density at radius 3 is 2.06 bits per heavy atom. The standard InChI is InChI=1S/C14H23N3O/c1-8-6-9(2)11(4)14(10(8)3)12(15)7-13(18)17(5)16/h6,12H,7,15-16H2,1-5H3. The molecule has 1 atom stereocenters. The first kappa shape index (κ1) is 14.7. The fourth-order valence-electron chi connectivity index (χ4n) is 2.24. The zero-order chi connectivity index (χ0) is 14.0. The Hall–Kier alpha value is -1.39. The maximum absolute atomic E-state index is 11.6. The number of benzene rings is 1. The van der Waals surface area contributed by atoms with Crippen molar-refractivity contribution < 1.29 is 4.79 Å². The van der Waals surface area contributed by atoms with Gasteiger partial charge in [0.2, 0.25) is 5.91 Å². The van der Waals surface area contributed by atoms with Crippen LogP contribution in [0.3, 0.4) is 0 Å². The van der Waals surface area contributed by atoms with Crippen molar-refractivity contribution in [3.05, 3.63) is 33.9 Å². The van der Waals surface area contributed by atoms with Crippen molar-refractivity contribution in [1.82, 2.24) is 5.01 Å².